The first-order valence-corrected chi connectivity index (χ1v) is 5.98. The third-order valence-electron chi connectivity index (χ3n) is 2.30. The second-order valence-corrected chi connectivity index (χ2v) is 7.03. The van der Waals surface area contributed by atoms with E-state index in [9.17, 15) is 9.59 Å². The number of carbonyl (C=O) groups excluding carboxylic acids is 2. The minimum absolute atomic E-state index is 0.0509. The van der Waals surface area contributed by atoms with E-state index < -0.39 is 5.54 Å². The van der Waals surface area contributed by atoms with E-state index in [1.807, 2.05) is 41.5 Å². The summed E-state index contributed by atoms with van der Waals surface area (Å²) in [5.41, 5.74) is -0.585. The van der Waals surface area contributed by atoms with Gasteiger partial charge in [-0.3, -0.25) is 14.5 Å². The van der Waals surface area contributed by atoms with E-state index in [4.69, 9.17) is 0 Å². The van der Waals surface area contributed by atoms with Gasteiger partial charge in [-0.2, -0.15) is 0 Å². The number of thioether (sulfide) groups is 1. The zero-order chi connectivity index (χ0) is 12.0. The lowest BCUT2D eigenvalue weighted by Gasteiger charge is -2.31. The quantitative estimate of drug-likeness (QED) is 0.641. The fourth-order valence-corrected chi connectivity index (χ4v) is 2.79. The Balaban J connectivity index is 3.00. The van der Waals surface area contributed by atoms with Crippen LogP contribution in [-0.2, 0) is 4.79 Å². The van der Waals surface area contributed by atoms with E-state index in [0.717, 1.165) is 11.8 Å². The molecule has 0 aromatic carbocycles. The maximum atomic E-state index is 12.1. The zero-order valence-electron chi connectivity index (χ0n) is 10.2. The van der Waals surface area contributed by atoms with Crippen molar-refractivity contribution in [2.45, 2.75) is 52.3 Å². The number of imide groups is 1. The Hall–Kier alpha value is -0.510. The van der Waals surface area contributed by atoms with Crippen molar-refractivity contribution in [3.05, 3.63) is 0 Å². The molecule has 3 nitrogen and oxygen atoms in total. The molecule has 1 atom stereocenters. The molecule has 1 aliphatic rings. The van der Waals surface area contributed by atoms with Crippen LogP contribution in [0.5, 0.6) is 0 Å². The molecule has 0 aromatic heterocycles. The van der Waals surface area contributed by atoms with Crippen LogP contribution in [-0.4, -0.2) is 26.8 Å². The lowest BCUT2D eigenvalue weighted by Crippen LogP contribution is -2.47. The van der Waals surface area contributed by atoms with E-state index in [1.165, 1.54) is 4.90 Å². The summed E-state index contributed by atoms with van der Waals surface area (Å²) in [5.74, 6) is -0.0509. The molecule has 0 aromatic rings. The van der Waals surface area contributed by atoms with Gasteiger partial charge in [-0.15, -0.1) is 0 Å². The summed E-state index contributed by atoms with van der Waals surface area (Å²) < 4.78 is 0. The average Bonchev–Trinajstić information content (AvgIpc) is 2.22. The first kappa shape index (κ1) is 12.6. The number of rotatable bonds is 0. The van der Waals surface area contributed by atoms with Gasteiger partial charge in [0.2, 0.25) is 5.91 Å². The molecule has 0 aliphatic carbocycles. The Bertz CT molecular complexity index is 299. The molecule has 0 radical (unpaired) electrons. The predicted molar refractivity (Wildman–Crippen MR) is 62.8 cm³/mol. The number of amides is 2. The van der Waals surface area contributed by atoms with E-state index in [0.29, 0.717) is 0 Å². The van der Waals surface area contributed by atoms with Crippen LogP contribution in [0.2, 0.25) is 0 Å². The number of nitrogens with zero attached hydrogens (tertiary/aromatic N) is 1. The molecule has 1 heterocycles. The fourth-order valence-electron chi connectivity index (χ4n) is 1.56. The lowest BCUT2D eigenvalue weighted by molar-refractivity contribution is -0.131. The first-order valence-electron chi connectivity index (χ1n) is 5.10. The number of hydrogen-bond donors (Lipinski definition) is 0. The van der Waals surface area contributed by atoms with Gasteiger partial charge in [0, 0.05) is 5.54 Å². The molecular formula is C11H19NO2S. The van der Waals surface area contributed by atoms with Crippen LogP contribution in [0.1, 0.15) is 41.5 Å². The van der Waals surface area contributed by atoms with E-state index in [1.54, 1.807) is 0 Å². The summed E-state index contributed by atoms with van der Waals surface area (Å²) in [4.78, 5) is 25.2. The average molecular weight is 229 g/mol. The third kappa shape index (κ3) is 2.36. The molecule has 1 saturated heterocycles. The molecule has 0 bridgehead atoms. The monoisotopic (exact) mass is 229 g/mol. The molecule has 1 rings (SSSR count). The maximum Gasteiger partial charge on any atom is 0.289 e. The van der Waals surface area contributed by atoms with Gasteiger partial charge < -0.3 is 0 Å². The van der Waals surface area contributed by atoms with Gasteiger partial charge in [-0.05, 0) is 26.2 Å². The Kier molecular flexibility index (Phi) is 2.94. The highest BCUT2D eigenvalue weighted by Crippen LogP contribution is 2.41. The summed E-state index contributed by atoms with van der Waals surface area (Å²) >= 11 is 1.15. The largest absolute Gasteiger partial charge is 0.289 e. The fraction of sp³-hybridized carbons (Fsp3) is 0.818. The predicted octanol–water partition coefficient (Wildman–Crippen LogP) is 2.90. The second-order valence-electron chi connectivity index (χ2n) is 5.97. The SMILES string of the molecule is CC(C)(C)C1SC(=O)N(C(C)(C)C)C1=O. The van der Waals surface area contributed by atoms with Crippen LogP contribution in [0.15, 0.2) is 0 Å². The molecule has 1 fully saturated rings. The highest BCUT2D eigenvalue weighted by Gasteiger charge is 2.49. The molecule has 15 heavy (non-hydrogen) atoms. The van der Waals surface area contributed by atoms with Gasteiger partial charge in [0.1, 0.15) is 0 Å². The van der Waals surface area contributed by atoms with Crippen molar-refractivity contribution < 1.29 is 9.59 Å². The molecule has 4 heteroatoms. The van der Waals surface area contributed by atoms with Crippen LogP contribution in [0.25, 0.3) is 0 Å². The summed E-state index contributed by atoms with van der Waals surface area (Å²) in [6, 6.07) is 0. The van der Waals surface area contributed by atoms with Crippen LogP contribution in [0, 0.1) is 5.41 Å². The van der Waals surface area contributed by atoms with Crippen LogP contribution in [0.4, 0.5) is 4.79 Å². The number of carbonyl (C=O) groups is 2. The molecule has 86 valence electrons. The van der Waals surface area contributed by atoms with Crippen LogP contribution in [0.3, 0.4) is 0 Å². The molecule has 1 unspecified atom stereocenters. The molecule has 0 saturated carbocycles. The highest BCUT2D eigenvalue weighted by atomic mass is 32.2. The zero-order valence-corrected chi connectivity index (χ0v) is 11.1. The topological polar surface area (TPSA) is 37.4 Å². The number of hydrogen-bond acceptors (Lipinski definition) is 3. The van der Waals surface area contributed by atoms with Gasteiger partial charge in [0.25, 0.3) is 5.24 Å². The molecular weight excluding hydrogens is 210 g/mol. The molecule has 0 spiro atoms. The highest BCUT2D eigenvalue weighted by molar-refractivity contribution is 8.15. The summed E-state index contributed by atoms with van der Waals surface area (Å²) in [6.07, 6.45) is 0. The Labute approximate surface area is 95.6 Å². The summed E-state index contributed by atoms with van der Waals surface area (Å²) in [5, 5.41) is -0.364. The van der Waals surface area contributed by atoms with Crippen molar-refractivity contribution in [3.8, 4) is 0 Å². The van der Waals surface area contributed by atoms with Gasteiger partial charge >= 0.3 is 0 Å². The van der Waals surface area contributed by atoms with Crippen molar-refractivity contribution in [2.24, 2.45) is 5.41 Å². The Morgan fingerprint density at radius 1 is 1.07 bits per heavy atom. The van der Waals surface area contributed by atoms with Crippen LogP contribution < -0.4 is 0 Å². The molecule has 0 N–H and O–H groups in total. The molecule has 1 aliphatic heterocycles. The van der Waals surface area contributed by atoms with Crippen molar-refractivity contribution in [1.29, 1.82) is 0 Å². The smallest absolute Gasteiger partial charge is 0.273 e. The van der Waals surface area contributed by atoms with Crippen molar-refractivity contribution in [2.75, 3.05) is 0 Å². The van der Waals surface area contributed by atoms with Gasteiger partial charge in [0.05, 0.1) is 5.25 Å². The van der Waals surface area contributed by atoms with Gasteiger partial charge in [0.15, 0.2) is 0 Å². The van der Waals surface area contributed by atoms with E-state index in [-0.39, 0.29) is 21.8 Å². The normalized spacial score (nSPS) is 23.9. The Morgan fingerprint density at radius 2 is 1.53 bits per heavy atom. The minimum Gasteiger partial charge on any atom is -0.273 e. The van der Waals surface area contributed by atoms with E-state index >= 15 is 0 Å². The summed E-state index contributed by atoms with van der Waals surface area (Å²) in [7, 11) is 0. The second kappa shape index (κ2) is 3.51. The van der Waals surface area contributed by atoms with Gasteiger partial charge in [-0.25, -0.2) is 0 Å². The standard InChI is InChI=1S/C11H19NO2S/c1-10(2,3)7-8(13)12(9(14)15-7)11(4,5)6/h7H,1-6H3. The van der Waals surface area contributed by atoms with E-state index in [2.05, 4.69) is 0 Å². The Morgan fingerprint density at radius 3 is 1.73 bits per heavy atom. The van der Waals surface area contributed by atoms with Crippen molar-refractivity contribution >= 4 is 22.9 Å². The minimum atomic E-state index is -0.416. The first-order chi connectivity index (χ1) is 6.55. The molecule has 2 amide bonds. The van der Waals surface area contributed by atoms with Gasteiger partial charge in [-0.1, -0.05) is 32.5 Å². The van der Waals surface area contributed by atoms with Crippen molar-refractivity contribution in [3.63, 3.8) is 0 Å². The third-order valence-corrected chi connectivity index (χ3v) is 3.83. The maximum absolute atomic E-state index is 12.1. The summed E-state index contributed by atoms with van der Waals surface area (Å²) in [6.45, 7) is 11.6. The van der Waals surface area contributed by atoms with Crippen molar-refractivity contribution in [1.82, 2.24) is 4.90 Å². The van der Waals surface area contributed by atoms with Crippen LogP contribution >= 0.6 is 11.8 Å². The lowest BCUT2D eigenvalue weighted by atomic mass is 9.90.